The minimum atomic E-state index is -0.485. The van der Waals surface area contributed by atoms with E-state index in [2.05, 4.69) is 22.6 Å². The highest BCUT2D eigenvalue weighted by molar-refractivity contribution is 6.09. The number of hydrogen-bond donors (Lipinski definition) is 1. The van der Waals surface area contributed by atoms with Gasteiger partial charge in [0.05, 0.1) is 17.4 Å². The molecule has 1 N–H and O–H groups in total. The Morgan fingerprint density at radius 3 is 2.35 bits per heavy atom. The van der Waals surface area contributed by atoms with Crippen molar-refractivity contribution in [3.63, 3.8) is 0 Å². The van der Waals surface area contributed by atoms with Crippen LogP contribution in [-0.4, -0.2) is 27.7 Å². The standard InChI is InChI=1S/C17H15N3O3/c21-14(9-2-1-7-18-8-9)19-20-15(22)12-10-3-4-11(13(12)16(20)23)17(10)5-6-17/h1-4,7-8,10-13H,5-6H2,(H,19,21)/t10-,11-,12+,13+/m1/s1. The highest BCUT2D eigenvalue weighted by Crippen LogP contribution is 2.73. The first-order valence-corrected chi connectivity index (χ1v) is 7.91. The lowest BCUT2D eigenvalue weighted by molar-refractivity contribution is -0.144. The molecule has 3 aliphatic carbocycles. The van der Waals surface area contributed by atoms with Crippen LogP contribution in [-0.2, 0) is 9.59 Å². The Morgan fingerprint density at radius 1 is 1.17 bits per heavy atom. The van der Waals surface area contributed by atoms with E-state index in [1.807, 2.05) is 0 Å². The molecule has 1 spiro atoms. The molecule has 1 aromatic heterocycles. The fourth-order valence-corrected chi connectivity index (χ4v) is 4.85. The molecule has 3 fully saturated rings. The van der Waals surface area contributed by atoms with Crippen LogP contribution in [0.5, 0.6) is 0 Å². The third kappa shape index (κ3) is 1.48. The number of allylic oxidation sites excluding steroid dienone is 2. The van der Waals surface area contributed by atoms with Gasteiger partial charge < -0.3 is 0 Å². The summed E-state index contributed by atoms with van der Waals surface area (Å²) < 4.78 is 0. The van der Waals surface area contributed by atoms with Gasteiger partial charge in [-0.25, -0.2) is 0 Å². The van der Waals surface area contributed by atoms with Crippen LogP contribution < -0.4 is 5.43 Å². The van der Waals surface area contributed by atoms with E-state index in [0.29, 0.717) is 5.56 Å². The number of carbonyl (C=O) groups excluding carboxylic acids is 3. The predicted molar refractivity (Wildman–Crippen MR) is 78.3 cm³/mol. The Kier molecular flexibility index (Phi) is 2.30. The zero-order chi connectivity index (χ0) is 15.8. The summed E-state index contributed by atoms with van der Waals surface area (Å²) in [7, 11) is 0. The van der Waals surface area contributed by atoms with Crippen LogP contribution in [0.2, 0.25) is 0 Å². The highest BCUT2D eigenvalue weighted by Gasteiger charge is 2.73. The molecule has 0 unspecified atom stereocenters. The van der Waals surface area contributed by atoms with Gasteiger partial charge in [0.15, 0.2) is 0 Å². The summed E-state index contributed by atoms with van der Waals surface area (Å²) in [6.45, 7) is 0. The zero-order valence-electron chi connectivity index (χ0n) is 12.3. The van der Waals surface area contributed by atoms with Crippen molar-refractivity contribution in [2.45, 2.75) is 12.8 Å². The molecule has 2 saturated carbocycles. The van der Waals surface area contributed by atoms with Crippen molar-refractivity contribution in [2.75, 3.05) is 0 Å². The van der Waals surface area contributed by atoms with E-state index in [9.17, 15) is 14.4 Å². The quantitative estimate of drug-likeness (QED) is 0.651. The van der Waals surface area contributed by atoms with E-state index in [4.69, 9.17) is 0 Å². The molecular formula is C17H15N3O3. The number of nitrogens with zero attached hydrogens (tertiary/aromatic N) is 2. The number of hydrazine groups is 1. The molecule has 2 heterocycles. The van der Waals surface area contributed by atoms with Crippen LogP contribution >= 0.6 is 0 Å². The number of carbonyl (C=O) groups is 3. The van der Waals surface area contributed by atoms with Gasteiger partial charge in [0.1, 0.15) is 0 Å². The van der Waals surface area contributed by atoms with Crippen LogP contribution in [0, 0.1) is 29.1 Å². The molecule has 0 radical (unpaired) electrons. The summed E-state index contributed by atoms with van der Waals surface area (Å²) in [5.74, 6) is -1.28. The van der Waals surface area contributed by atoms with Gasteiger partial charge in [-0.1, -0.05) is 12.2 Å². The molecule has 0 aromatic carbocycles. The van der Waals surface area contributed by atoms with Crippen LogP contribution in [0.4, 0.5) is 0 Å². The van der Waals surface area contributed by atoms with Gasteiger partial charge >= 0.3 is 0 Å². The summed E-state index contributed by atoms with van der Waals surface area (Å²) in [6.07, 6.45) is 9.39. The molecule has 5 rings (SSSR count). The van der Waals surface area contributed by atoms with Gasteiger partial charge in [-0.3, -0.25) is 24.8 Å². The van der Waals surface area contributed by atoms with Gasteiger partial charge in [-0.15, -0.1) is 0 Å². The van der Waals surface area contributed by atoms with Crippen molar-refractivity contribution in [3.8, 4) is 0 Å². The lowest BCUT2D eigenvalue weighted by atomic mass is 9.85. The smallest absolute Gasteiger partial charge is 0.271 e. The maximum Gasteiger partial charge on any atom is 0.271 e. The number of hydrogen-bond acceptors (Lipinski definition) is 4. The number of pyridine rings is 1. The van der Waals surface area contributed by atoms with Crippen molar-refractivity contribution in [1.29, 1.82) is 0 Å². The molecular weight excluding hydrogens is 294 g/mol. The number of amides is 3. The molecule has 1 saturated heterocycles. The second-order valence-corrected chi connectivity index (χ2v) is 6.92. The monoisotopic (exact) mass is 309 g/mol. The molecule has 1 aliphatic heterocycles. The summed E-state index contributed by atoms with van der Waals surface area (Å²) in [4.78, 5) is 41.5. The van der Waals surface area contributed by atoms with E-state index >= 15 is 0 Å². The predicted octanol–water partition coefficient (Wildman–Crippen LogP) is 0.924. The molecule has 116 valence electrons. The minimum absolute atomic E-state index is 0.161. The van der Waals surface area contributed by atoms with Gasteiger partial charge in [-0.2, -0.15) is 5.01 Å². The first-order valence-electron chi connectivity index (χ1n) is 7.91. The SMILES string of the molecule is O=C(NN1C(=O)[C@@H]2[C@@H](C1=O)[C@H]1C=C[C@H]2C12CC2)c1cccnc1. The third-order valence-electron chi connectivity index (χ3n) is 5.99. The number of imide groups is 1. The molecule has 4 aliphatic rings. The van der Waals surface area contributed by atoms with E-state index in [0.717, 1.165) is 17.9 Å². The molecule has 23 heavy (non-hydrogen) atoms. The average Bonchev–Trinajstić information content (AvgIpc) is 3.18. The first kappa shape index (κ1) is 13.0. The maximum atomic E-state index is 12.7. The van der Waals surface area contributed by atoms with Crippen LogP contribution in [0.15, 0.2) is 36.7 Å². The molecule has 4 atom stereocenters. The van der Waals surface area contributed by atoms with Crippen molar-refractivity contribution in [3.05, 3.63) is 42.2 Å². The fraction of sp³-hybridized carbons (Fsp3) is 0.412. The van der Waals surface area contributed by atoms with Crippen molar-refractivity contribution < 1.29 is 14.4 Å². The summed E-state index contributed by atoms with van der Waals surface area (Å²) in [5.41, 5.74) is 2.96. The van der Waals surface area contributed by atoms with E-state index < -0.39 is 5.91 Å². The lowest BCUT2D eigenvalue weighted by Crippen LogP contribution is -2.47. The van der Waals surface area contributed by atoms with Crippen LogP contribution in [0.1, 0.15) is 23.2 Å². The fourth-order valence-electron chi connectivity index (χ4n) is 4.85. The van der Waals surface area contributed by atoms with E-state index in [-0.39, 0.29) is 40.9 Å². The van der Waals surface area contributed by atoms with E-state index in [1.165, 1.54) is 6.20 Å². The Morgan fingerprint density at radius 2 is 1.83 bits per heavy atom. The molecule has 6 heteroatoms. The molecule has 1 aromatic rings. The van der Waals surface area contributed by atoms with Gasteiger partial charge in [-0.05, 0) is 42.2 Å². The van der Waals surface area contributed by atoms with Crippen LogP contribution in [0.3, 0.4) is 0 Å². The summed E-state index contributed by atoms with van der Waals surface area (Å²) >= 11 is 0. The molecule has 3 amide bonds. The number of rotatable bonds is 2. The number of aromatic nitrogens is 1. The second kappa shape index (κ2) is 4.07. The maximum absolute atomic E-state index is 12.7. The largest absolute Gasteiger partial charge is 0.272 e. The zero-order valence-corrected chi connectivity index (χ0v) is 12.3. The Bertz CT molecular complexity index is 735. The summed E-state index contributed by atoms with van der Waals surface area (Å²) in [6, 6.07) is 3.23. The number of fused-ring (bicyclic) bond motifs is 3. The lowest BCUT2D eigenvalue weighted by Gasteiger charge is -2.21. The number of nitrogens with one attached hydrogen (secondary N) is 1. The Labute approximate surface area is 132 Å². The Balaban J connectivity index is 1.42. The van der Waals surface area contributed by atoms with Gasteiger partial charge in [0.25, 0.3) is 17.7 Å². The van der Waals surface area contributed by atoms with Crippen molar-refractivity contribution >= 4 is 17.7 Å². The molecule has 2 bridgehead atoms. The minimum Gasteiger partial charge on any atom is -0.272 e. The first-order chi connectivity index (χ1) is 11.1. The third-order valence-corrected chi connectivity index (χ3v) is 5.99. The Hall–Kier alpha value is -2.50. The van der Waals surface area contributed by atoms with Gasteiger partial charge in [0, 0.05) is 12.4 Å². The summed E-state index contributed by atoms with van der Waals surface area (Å²) in [5, 5.41) is 0.937. The highest BCUT2D eigenvalue weighted by atomic mass is 16.2. The van der Waals surface area contributed by atoms with Gasteiger partial charge in [0.2, 0.25) is 0 Å². The second-order valence-electron chi connectivity index (χ2n) is 6.92. The molecule has 6 nitrogen and oxygen atoms in total. The topological polar surface area (TPSA) is 79.4 Å². The van der Waals surface area contributed by atoms with E-state index in [1.54, 1.807) is 18.3 Å². The van der Waals surface area contributed by atoms with Crippen molar-refractivity contribution in [2.24, 2.45) is 29.1 Å². The van der Waals surface area contributed by atoms with Crippen molar-refractivity contribution in [1.82, 2.24) is 15.4 Å². The average molecular weight is 309 g/mol. The normalized spacial score (nSPS) is 35.0. The van der Waals surface area contributed by atoms with Crippen LogP contribution in [0.25, 0.3) is 0 Å².